The van der Waals surface area contributed by atoms with Gasteiger partial charge in [0.1, 0.15) is 5.00 Å². The van der Waals surface area contributed by atoms with Crippen molar-refractivity contribution in [1.29, 1.82) is 0 Å². The summed E-state index contributed by atoms with van der Waals surface area (Å²) in [5.41, 5.74) is 2.45. The first-order chi connectivity index (χ1) is 8.74. The van der Waals surface area contributed by atoms with Gasteiger partial charge in [0.2, 0.25) is 0 Å². The van der Waals surface area contributed by atoms with Crippen LogP contribution < -0.4 is 5.32 Å². The van der Waals surface area contributed by atoms with Crippen molar-refractivity contribution in [1.82, 2.24) is 4.98 Å². The highest BCUT2D eigenvalue weighted by Gasteiger charge is 2.13. The fourth-order valence-corrected chi connectivity index (χ4v) is 3.13. The van der Waals surface area contributed by atoms with Gasteiger partial charge in [0.05, 0.1) is 5.51 Å². The number of carboxylic acids is 1. The Morgan fingerprint density at radius 2 is 2.17 bits per heavy atom. The van der Waals surface area contributed by atoms with Gasteiger partial charge in [0.15, 0.2) is 5.69 Å². The van der Waals surface area contributed by atoms with Gasteiger partial charge in [0.25, 0.3) is 0 Å². The Hall–Kier alpha value is -1.92. The molecule has 0 fully saturated rings. The second-order valence-electron chi connectivity index (χ2n) is 3.63. The van der Waals surface area contributed by atoms with Crippen molar-refractivity contribution in [3.05, 3.63) is 40.8 Å². The van der Waals surface area contributed by atoms with Crippen LogP contribution in [0.25, 0.3) is 10.1 Å². The van der Waals surface area contributed by atoms with Crippen LogP contribution in [0.5, 0.6) is 0 Å². The minimum atomic E-state index is -1.02. The summed E-state index contributed by atoms with van der Waals surface area (Å²) in [6.45, 7) is 0. The number of hydrogen-bond donors (Lipinski definition) is 2. The summed E-state index contributed by atoms with van der Waals surface area (Å²) in [4.78, 5) is 14.8. The van der Waals surface area contributed by atoms with Crippen molar-refractivity contribution >= 4 is 49.4 Å². The molecule has 2 heterocycles. The number of aromatic nitrogens is 1. The maximum Gasteiger partial charge on any atom is 0.357 e. The molecule has 2 aromatic heterocycles. The van der Waals surface area contributed by atoms with Crippen LogP contribution >= 0.6 is 22.7 Å². The minimum Gasteiger partial charge on any atom is -0.476 e. The molecule has 0 saturated carbocycles. The van der Waals surface area contributed by atoms with Crippen molar-refractivity contribution in [2.24, 2.45) is 0 Å². The summed E-state index contributed by atoms with van der Waals surface area (Å²) >= 11 is 2.96. The van der Waals surface area contributed by atoms with Gasteiger partial charge in [-0.2, -0.15) is 0 Å². The first kappa shape index (κ1) is 11.2. The van der Waals surface area contributed by atoms with Crippen LogP contribution in [-0.4, -0.2) is 16.1 Å². The third-order valence-corrected chi connectivity index (χ3v) is 4.12. The third-order valence-electron chi connectivity index (χ3n) is 2.48. The van der Waals surface area contributed by atoms with Gasteiger partial charge in [-0.05, 0) is 35.0 Å². The zero-order chi connectivity index (χ0) is 12.5. The summed E-state index contributed by atoms with van der Waals surface area (Å²) in [6, 6.07) is 7.99. The number of aromatic carboxylic acids is 1. The number of fused-ring (bicyclic) bond motifs is 1. The predicted molar refractivity (Wildman–Crippen MR) is 74.2 cm³/mol. The van der Waals surface area contributed by atoms with Gasteiger partial charge < -0.3 is 10.4 Å². The lowest BCUT2D eigenvalue weighted by molar-refractivity contribution is 0.0692. The number of anilines is 2. The Morgan fingerprint density at radius 3 is 3.00 bits per heavy atom. The number of carboxylic acid groups (broad SMARTS) is 1. The normalized spacial score (nSPS) is 10.7. The van der Waals surface area contributed by atoms with Crippen LogP contribution in [0, 0.1) is 0 Å². The Labute approximate surface area is 111 Å². The van der Waals surface area contributed by atoms with Crippen LogP contribution in [0.2, 0.25) is 0 Å². The van der Waals surface area contributed by atoms with Gasteiger partial charge in [-0.1, -0.05) is 0 Å². The lowest BCUT2D eigenvalue weighted by atomic mass is 10.2. The zero-order valence-electron chi connectivity index (χ0n) is 9.08. The summed E-state index contributed by atoms with van der Waals surface area (Å²) in [7, 11) is 0. The average Bonchev–Trinajstić information content (AvgIpc) is 2.96. The molecule has 90 valence electrons. The Bertz CT molecular complexity index is 718. The smallest absolute Gasteiger partial charge is 0.357 e. The van der Waals surface area contributed by atoms with E-state index in [9.17, 15) is 4.79 Å². The minimum absolute atomic E-state index is 0.0606. The second kappa shape index (κ2) is 4.40. The van der Waals surface area contributed by atoms with Crippen LogP contribution in [0.1, 0.15) is 10.5 Å². The number of rotatable bonds is 3. The van der Waals surface area contributed by atoms with Gasteiger partial charge >= 0.3 is 5.97 Å². The molecule has 4 nitrogen and oxygen atoms in total. The number of carbonyl (C=O) groups is 1. The molecule has 18 heavy (non-hydrogen) atoms. The molecular weight excluding hydrogens is 268 g/mol. The lowest BCUT2D eigenvalue weighted by Crippen LogP contribution is -2.00. The van der Waals surface area contributed by atoms with Crippen molar-refractivity contribution in [2.45, 2.75) is 0 Å². The number of hydrogen-bond acceptors (Lipinski definition) is 5. The molecule has 0 spiro atoms. The highest BCUT2D eigenvalue weighted by Crippen LogP contribution is 2.28. The third kappa shape index (κ3) is 1.96. The fourth-order valence-electron chi connectivity index (χ4n) is 1.66. The maximum absolute atomic E-state index is 10.9. The topological polar surface area (TPSA) is 62.2 Å². The van der Waals surface area contributed by atoms with Crippen LogP contribution in [0.15, 0.2) is 35.2 Å². The van der Waals surface area contributed by atoms with Gasteiger partial charge in [-0.25, -0.2) is 9.78 Å². The molecule has 6 heteroatoms. The largest absolute Gasteiger partial charge is 0.476 e. The molecule has 0 aliphatic rings. The van der Waals surface area contributed by atoms with Crippen molar-refractivity contribution in [2.75, 3.05) is 5.32 Å². The van der Waals surface area contributed by atoms with Gasteiger partial charge in [0, 0.05) is 10.4 Å². The Kier molecular flexibility index (Phi) is 2.73. The number of benzene rings is 1. The van der Waals surface area contributed by atoms with E-state index in [0.717, 1.165) is 11.1 Å². The van der Waals surface area contributed by atoms with E-state index in [0.29, 0.717) is 5.00 Å². The number of nitrogens with one attached hydrogen (secondary N) is 1. The van der Waals surface area contributed by atoms with E-state index in [1.807, 2.05) is 29.6 Å². The number of nitrogens with zero attached hydrogens (tertiary/aromatic N) is 1. The quantitative estimate of drug-likeness (QED) is 0.763. The average molecular weight is 276 g/mol. The molecule has 3 rings (SSSR count). The van der Waals surface area contributed by atoms with E-state index in [2.05, 4.69) is 10.3 Å². The van der Waals surface area contributed by atoms with E-state index in [1.165, 1.54) is 21.5 Å². The number of thiazole rings is 1. The van der Waals surface area contributed by atoms with Gasteiger partial charge in [-0.3, -0.25) is 0 Å². The molecule has 2 N–H and O–H groups in total. The van der Waals surface area contributed by atoms with Crippen LogP contribution in [0.3, 0.4) is 0 Å². The van der Waals surface area contributed by atoms with E-state index >= 15 is 0 Å². The molecule has 0 bridgehead atoms. The second-order valence-corrected chi connectivity index (χ2v) is 5.44. The molecule has 0 aliphatic heterocycles. The first-order valence-corrected chi connectivity index (χ1v) is 6.91. The monoisotopic (exact) mass is 276 g/mol. The molecule has 0 radical (unpaired) electrons. The van der Waals surface area contributed by atoms with E-state index in [4.69, 9.17) is 5.11 Å². The summed E-state index contributed by atoms with van der Waals surface area (Å²) in [5.74, 6) is -1.02. The SMILES string of the molecule is O=C(O)c1ncsc1Nc1ccc2sccc2c1. The van der Waals surface area contributed by atoms with Crippen molar-refractivity contribution in [3.8, 4) is 0 Å². The maximum atomic E-state index is 10.9. The first-order valence-electron chi connectivity index (χ1n) is 5.15. The molecule has 0 atom stereocenters. The predicted octanol–water partition coefficient (Wildman–Crippen LogP) is 3.80. The highest BCUT2D eigenvalue weighted by molar-refractivity contribution is 7.17. The molecule has 0 unspecified atom stereocenters. The Morgan fingerprint density at radius 1 is 1.28 bits per heavy atom. The van der Waals surface area contributed by atoms with Gasteiger partial charge in [-0.15, -0.1) is 22.7 Å². The van der Waals surface area contributed by atoms with E-state index < -0.39 is 5.97 Å². The van der Waals surface area contributed by atoms with E-state index in [-0.39, 0.29) is 5.69 Å². The standard InChI is InChI=1S/C12H8N2O2S2/c15-12(16)10-11(18-6-13-10)14-8-1-2-9-7(5-8)3-4-17-9/h1-6,14H,(H,15,16). The van der Waals surface area contributed by atoms with Crippen molar-refractivity contribution in [3.63, 3.8) is 0 Å². The molecule has 0 saturated heterocycles. The fraction of sp³-hybridized carbons (Fsp3) is 0. The highest BCUT2D eigenvalue weighted by atomic mass is 32.1. The zero-order valence-corrected chi connectivity index (χ0v) is 10.7. The Balaban J connectivity index is 1.95. The number of thiophene rings is 1. The lowest BCUT2D eigenvalue weighted by Gasteiger charge is -2.04. The molecule has 1 aromatic carbocycles. The molecular formula is C12H8N2O2S2. The van der Waals surface area contributed by atoms with Crippen LogP contribution in [0.4, 0.5) is 10.7 Å². The van der Waals surface area contributed by atoms with Crippen LogP contribution in [-0.2, 0) is 0 Å². The summed E-state index contributed by atoms with van der Waals surface area (Å²) in [5, 5.41) is 15.8. The molecule has 0 aliphatic carbocycles. The van der Waals surface area contributed by atoms with E-state index in [1.54, 1.807) is 11.3 Å². The summed E-state index contributed by atoms with van der Waals surface area (Å²) < 4.78 is 1.21. The van der Waals surface area contributed by atoms with Crippen molar-refractivity contribution < 1.29 is 9.90 Å². The summed E-state index contributed by atoms with van der Waals surface area (Å²) in [6.07, 6.45) is 0. The molecule has 0 amide bonds. The molecule has 3 aromatic rings.